The summed E-state index contributed by atoms with van der Waals surface area (Å²) in [6, 6.07) is 15.0. The first-order valence-electron chi connectivity index (χ1n) is 10.9. The van der Waals surface area contributed by atoms with Crippen LogP contribution < -0.4 is 15.8 Å². The highest BCUT2D eigenvalue weighted by Gasteiger charge is 2.13. The molecular weight excluding hydrogens is 374 g/mol. The first kappa shape index (κ1) is 20.4. The Morgan fingerprint density at radius 2 is 1.77 bits per heavy atom. The van der Waals surface area contributed by atoms with Gasteiger partial charge in [0.05, 0.1) is 0 Å². The third-order valence-electron chi connectivity index (χ3n) is 5.96. The highest BCUT2D eigenvalue weighted by atomic mass is 16.5. The van der Waals surface area contributed by atoms with Crippen LogP contribution in [0.15, 0.2) is 54.7 Å². The molecule has 1 fully saturated rings. The Kier molecular flexibility index (Phi) is 6.60. The van der Waals surface area contributed by atoms with Crippen molar-refractivity contribution in [3.05, 3.63) is 65.9 Å². The van der Waals surface area contributed by atoms with Gasteiger partial charge in [0.25, 0.3) is 0 Å². The molecule has 3 aromatic rings. The molecule has 3 N–H and O–H groups in total. The van der Waals surface area contributed by atoms with Crippen LogP contribution in [0.2, 0.25) is 0 Å². The monoisotopic (exact) mass is 403 g/mol. The number of nitrogens with two attached hydrogens (primary N) is 1. The predicted octanol–water partition coefficient (Wildman–Crippen LogP) is 5.19. The molecule has 30 heavy (non-hydrogen) atoms. The molecule has 0 saturated heterocycles. The second-order valence-electron chi connectivity index (χ2n) is 8.09. The number of hydrogen-bond acceptors (Lipinski definition) is 4. The first-order chi connectivity index (χ1) is 14.7. The number of nitrogens with zero attached hydrogens (tertiary/aromatic N) is 1. The lowest BCUT2D eigenvalue weighted by Crippen LogP contribution is -2.19. The second-order valence-corrected chi connectivity index (χ2v) is 8.09. The van der Waals surface area contributed by atoms with Crippen LogP contribution in [0.1, 0.15) is 54.4 Å². The average Bonchev–Trinajstić information content (AvgIpc) is 2.79. The van der Waals surface area contributed by atoms with Crippen molar-refractivity contribution in [1.29, 1.82) is 0 Å². The zero-order valence-electron chi connectivity index (χ0n) is 17.3. The summed E-state index contributed by atoms with van der Waals surface area (Å²) in [4.78, 5) is 15.8. The van der Waals surface area contributed by atoms with Gasteiger partial charge in [0, 0.05) is 23.7 Å². The fourth-order valence-corrected chi connectivity index (χ4v) is 4.25. The number of aromatic nitrogens is 1. The van der Waals surface area contributed by atoms with E-state index in [1.165, 1.54) is 44.1 Å². The number of hydrogen-bond donors (Lipinski definition) is 2. The highest BCUT2D eigenvalue weighted by molar-refractivity contribution is 5.93. The van der Waals surface area contributed by atoms with E-state index in [-0.39, 0.29) is 0 Å². The Bertz CT molecular complexity index is 995. The molecule has 1 saturated carbocycles. The number of amides is 1. The topological polar surface area (TPSA) is 77.2 Å². The Morgan fingerprint density at radius 1 is 1.03 bits per heavy atom. The minimum Gasteiger partial charge on any atom is -0.438 e. The minimum atomic E-state index is -0.453. The molecular formula is C25H29N3O2. The van der Waals surface area contributed by atoms with Crippen LogP contribution in [0.3, 0.4) is 0 Å². The lowest BCUT2D eigenvalue weighted by Gasteiger charge is -2.21. The Labute approximate surface area is 177 Å². The average molecular weight is 404 g/mol. The molecule has 0 radical (unpaired) electrons. The maximum Gasteiger partial charge on any atom is 0.248 e. The van der Waals surface area contributed by atoms with E-state index in [0.29, 0.717) is 17.2 Å². The van der Waals surface area contributed by atoms with Crippen molar-refractivity contribution >= 4 is 16.7 Å². The van der Waals surface area contributed by atoms with E-state index in [1.54, 1.807) is 24.3 Å². The standard InChI is InChI=1S/C25H29N3O2/c26-24(29)19-10-12-21(13-11-19)30-25-23-9-5-4-8-22(23)20(17-28-25)16-27-15-14-18-6-2-1-3-7-18/h4-5,8-13,17-18,27H,1-3,6-7,14-16H2,(H2,26,29). The molecule has 1 amide bonds. The molecule has 0 spiro atoms. The quantitative estimate of drug-likeness (QED) is 0.508. The van der Waals surface area contributed by atoms with Gasteiger partial charge in [0.15, 0.2) is 0 Å². The number of ether oxygens (including phenoxy) is 1. The van der Waals surface area contributed by atoms with Crippen molar-refractivity contribution in [3.63, 3.8) is 0 Å². The summed E-state index contributed by atoms with van der Waals surface area (Å²) < 4.78 is 6.00. The number of carbonyl (C=O) groups excluding carboxylic acids is 1. The number of primary amides is 1. The van der Waals surface area contributed by atoms with Crippen LogP contribution in [-0.2, 0) is 6.54 Å². The number of fused-ring (bicyclic) bond motifs is 1. The van der Waals surface area contributed by atoms with E-state index >= 15 is 0 Å². The van der Waals surface area contributed by atoms with Gasteiger partial charge < -0.3 is 15.8 Å². The Balaban J connectivity index is 1.43. The van der Waals surface area contributed by atoms with Gasteiger partial charge in [-0.2, -0.15) is 0 Å². The molecule has 1 aliphatic rings. The van der Waals surface area contributed by atoms with Crippen molar-refractivity contribution in [1.82, 2.24) is 10.3 Å². The van der Waals surface area contributed by atoms with Crippen molar-refractivity contribution in [2.75, 3.05) is 6.54 Å². The van der Waals surface area contributed by atoms with Gasteiger partial charge in [-0.15, -0.1) is 0 Å². The molecule has 0 bridgehead atoms. The summed E-state index contributed by atoms with van der Waals surface area (Å²) >= 11 is 0. The summed E-state index contributed by atoms with van der Waals surface area (Å²) in [6.45, 7) is 1.84. The fourth-order valence-electron chi connectivity index (χ4n) is 4.25. The molecule has 1 heterocycles. The van der Waals surface area contributed by atoms with Crippen molar-refractivity contribution in [3.8, 4) is 11.6 Å². The van der Waals surface area contributed by atoms with Gasteiger partial charge in [0.1, 0.15) is 5.75 Å². The fraction of sp³-hybridized carbons (Fsp3) is 0.360. The van der Waals surface area contributed by atoms with E-state index in [1.807, 2.05) is 24.4 Å². The number of rotatable bonds is 8. The zero-order chi connectivity index (χ0) is 20.8. The molecule has 0 aliphatic heterocycles. The molecule has 5 nitrogen and oxygen atoms in total. The number of nitrogens with one attached hydrogen (secondary N) is 1. The summed E-state index contributed by atoms with van der Waals surface area (Å²) in [5, 5.41) is 5.72. The summed E-state index contributed by atoms with van der Waals surface area (Å²) in [7, 11) is 0. The first-order valence-corrected chi connectivity index (χ1v) is 10.9. The molecule has 0 atom stereocenters. The summed E-state index contributed by atoms with van der Waals surface area (Å²) in [6.07, 6.45) is 10.1. The van der Waals surface area contributed by atoms with Crippen LogP contribution in [0.5, 0.6) is 11.6 Å². The van der Waals surface area contributed by atoms with Gasteiger partial charge >= 0.3 is 0 Å². The summed E-state index contributed by atoms with van der Waals surface area (Å²) in [5.74, 6) is 1.61. The van der Waals surface area contributed by atoms with Crippen LogP contribution in [0.25, 0.3) is 10.8 Å². The van der Waals surface area contributed by atoms with Crippen molar-refractivity contribution in [2.24, 2.45) is 11.7 Å². The lowest BCUT2D eigenvalue weighted by molar-refractivity contribution is 0.100. The van der Waals surface area contributed by atoms with Gasteiger partial charge in [-0.25, -0.2) is 4.98 Å². The van der Waals surface area contributed by atoms with E-state index in [4.69, 9.17) is 10.5 Å². The van der Waals surface area contributed by atoms with Gasteiger partial charge in [-0.3, -0.25) is 4.79 Å². The van der Waals surface area contributed by atoms with Gasteiger partial charge in [0.2, 0.25) is 11.8 Å². The molecule has 2 aromatic carbocycles. The molecule has 156 valence electrons. The lowest BCUT2D eigenvalue weighted by atomic mass is 9.87. The van der Waals surface area contributed by atoms with Gasteiger partial charge in [-0.1, -0.05) is 50.3 Å². The zero-order valence-corrected chi connectivity index (χ0v) is 17.3. The molecule has 1 aromatic heterocycles. The van der Waals surface area contributed by atoms with Crippen molar-refractivity contribution < 1.29 is 9.53 Å². The van der Waals surface area contributed by atoms with E-state index in [2.05, 4.69) is 16.4 Å². The molecule has 4 rings (SSSR count). The van der Waals surface area contributed by atoms with Crippen LogP contribution in [0.4, 0.5) is 0 Å². The smallest absolute Gasteiger partial charge is 0.248 e. The maximum absolute atomic E-state index is 11.2. The third kappa shape index (κ3) is 4.97. The second kappa shape index (κ2) is 9.72. The number of carbonyl (C=O) groups is 1. The normalized spacial score (nSPS) is 14.7. The number of pyridine rings is 1. The highest BCUT2D eigenvalue weighted by Crippen LogP contribution is 2.30. The van der Waals surface area contributed by atoms with Crippen LogP contribution in [-0.4, -0.2) is 17.4 Å². The van der Waals surface area contributed by atoms with Crippen molar-refractivity contribution in [2.45, 2.75) is 45.1 Å². The summed E-state index contributed by atoms with van der Waals surface area (Å²) in [5.41, 5.74) is 6.93. The Morgan fingerprint density at radius 3 is 2.50 bits per heavy atom. The van der Waals surface area contributed by atoms with Gasteiger partial charge in [-0.05, 0) is 60.2 Å². The van der Waals surface area contributed by atoms with E-state index in [9.17, 15) is 4.79 Å². The maximum atomic E-state index is 11.2. The Hall–Kier alpha value is -2.92. The minimum absolute atomic E-state index is 0.453. The molecule has 1 aliphatic carbocycles. The molecule has 5 heteroatoms. The van der Waals surface area contributed by atoms with E-state index in [0.717, 1.165) is 29.8 Å². The SMILES string of the molecule is NC(=O)c1ccc(Oc2ncc(CNCCC3CCCCC3)c3ccccc23)cc1. The molecule has 0 unspecified atom stereocenters. The predicted molar refractivity (Wildman–Crippen MR) is 120 cm³/mol. The number of benzene rings is 2. The van der Waals surface area contributed by atoms with E-state index < -0.39 is 5.91 Å². The van der Waals surface area contributed by atoms with Crippen LogP contribution in [0, 0.1) is 5.92 Å². The van der Waals surface area contributed by atoms with Crippen LogP contribution >= 0.6 is 0 Å². The third-order valence-corrected chi connectivity index (χ3v) is 5.96. The largest absolute Gasteiger partial charge is 0.438 e.